The van der Waals surface area contributed by atoms with Crippen LogP contribution in [-0.2, 0) is 11.0 Å². The minimum absolute atomic E-state index is 0.0341. The maximum atomic E-state index is 12.2. The third kappa shape index (κ3) is 3.69. The molecule has 0 spiro atoms. The first kappa shape index (κ1) is 12.8. The van der Waals surface area contributed by atoms with E-state index in [0.717, 1.165) is 19.4 Å². The van der Waals surface area contributed by atoms with Crippen molar-refractivity contribution in [1.29, 1.82) is 0 Å². The first-order chi connectivity index (χ1) is 8.45. The number of halogens is 3. The molecule has 0 unspecified atom stereocenters. The Balaban J connectivity index is 1.77. The lowest BCUT2D eigenvalue weighted by Gasteiger charge is -2.02. The summed E-state index contributed by atoms with van der Waals surface area (Å²) < 4.78 is 36.5. The van der Waals surface area contributed by atoms with Gasteiger partial charge in [-0.3, -0.25) is 15.2 Å². The number of aromatic amines is 1. The van der Waals surface area contributed by atoms with Crippen LogP contribution in [0.1, 0.15) is 18.7 Å². The smallest absolute Gasteiger partial charge is 0.308 e. The number of alkyl halides is 3. The van der Waals surface area contributed by atoms with Crippen LogP contribution in [0.3, 0.4) is 0 Å². The van der Waals surface area contributed by atoms with Crippen LogP contribution in [0.25, 0.3) is 0 Å². The molecule has 0 aromatic carbocycles. The predicted molar refractivity (Wildman–Crippen MR) is 55.6 cm³/mol. The molecule has 1 aliphatic rings. The Morgan fingerprint density at radius 3 is 2.72 bits per heavy atom. The molecule has 2 rings (SSSR count). The number of hydrogen-bond donors (Lipinski definition) is 3. The quantitative estimate of drug-likeness (QED) is 0.732. The topological polar surface area (TPSA) is 82.7 Å². The van der Waals surface area contributed by atoms with Gasteiger partial charge in [0.25, 0.3) is 0 Å². The number of hydrogen-bond acceptors (Lipinski definition) is 4. The Bertz CT molecular complexity index is 426. The second-order valence-corrected chi connectivity index (χ2v) is 4.13. The van der Waals surface area contributed by atoms with E-state index in [1.54, 1.807) is 5.10 Å². The fraction of sp³-hybridized carbons (Fsp3) is 0.667. The molecule has 1 amide bonds. The summed E-state index contributed by atoms with van der Waals surface area (Å²) in [7, 11) is 0. The number of rotatable bonds is 5. The number of nitrogens with zero attached hydrogens (tertiary/aromatic N) is 2. The molecule has 1 aliphatic carbocycles. The first-order valence-electron chi connectivity index (χ1n) is 5.45. The summed E-state index contributed by atoms with van der Waals surface area (Å²) in [6.07, 6.45) is -2.28. The van der Waals surface area contributed by atoms with Gasteiger partial charge in [-0.15, -0.1) is 5.10 Å². The van der Waals surface area contributed by atoms with Crippen LogP contribution >= 0.6 is 0 Å². The monoisotopic (exact) mass is 263 g/mol. The third-order valence-corrected chi connectivity index (χ3v) is 2.42. The van der Waals surface area contributed by atoms with Crippen LogP contribution in [-0.4, -0.2) is 34.2 Å². The van der Waals surface area contributed by atoms with Crippen molar-refractivity contribution in [3.05, 3.63) is 5.82 Å². The molecule has 1 saturated carbocycles. The summed E-state index contributed by atoms with van der Waals surface area (Å²) in [5.41, 5.74) is 0. The van der Waals surface area contributed by atoms with Crippen molar-refractivity contribution in [3.63, 3.8) is 0 Å². The van der Waals surface area contributed by atoms with Crippen molar-refractivity contribution in [2.24, 2.45) is 5.92 Å². The molecule has 0 saturated heterocycles. The normalized spacial score (nSPS) is 15.7. The van der Waals surface area contributed by atoms with E-state index in [4.69, 9.17) is 0 Å². The number of carbonyl (C=O) groups excluding carboxylic acids is 1. The molecule has 1 heterocycles. The molecular weight excluding hydrogens is 251 g/mol. The van der Waals surface area contributed by atoms with Crippen LogP contribution < -0.4 is 10.6 Å². The highest BCUT2D eigenvalue weighted by Crippen LogP contribution is 2.27. The second kappa shape index (κ2) is 4.92. The van der Waals surface area contributed by atoms with E-state index in [1.165, 1.54) is 0 Å². The van der Waals surface area contributed by atoms with Gasteiger partial charge in [0, 0.05) is 0 Å². The van der Waals surface area contributed by atoms with Gasteiger partial charge < -0.3 is 5.32 Å². The lowest BCUT2D eigenvalue weighted by Crippen LogP contribution is -2.29. The first-order valence-corrected chi connectivity index (χ1v) is 5.45. The molecular formula is C9H12F3N5O. The molecule has 0 bridgehead atoms. The molecule has 0 radical (unpaired) electrons. The molecule has 0 aliphatic heterocycles. The van der Waals surface area contributed by atoms with Crippen molar-refractivity contribution < 1.29 is 18.0 Å². The Morgan fingerprint density at radius 1 is 1.44 bits per heavy atom. The largest absolute Gasteiger partial charge is 0.451 e. The number of amides is 1. The summed E-state index contributed by atoms with van der Waals surface area (Å²) in [5, 5.41) is 10.1. The molecule has 0 atom stereocenters. The van der Waals surface area contributed by atoms with Gasteiger partial charge in [-0.1, -0.05) is 0 Å². The predicted octanol–water partition coefficient (Wildman–Crippen LogP) is 0.762. The lowest BCUT2D eigenvalue weighted by molar-refractivity contribution is -0.144. The van der Waals surface area contributed by atoms with Crippen LogP contribution in [0.5, 0.6) is 0 Å². The lowest BCUT2D eigenvalue weighted by atomic mass is 10.4. The summed E-state index contributed by atoms with van der Waals surface area (Å²) >= 11 is 0. The zero-order valence-electron chi connectivity index (χ0n) is 9.34. The van der Waals surface area contributed by atoms with Crippen LogP contribution in [0.15, 0.2) is 0 Å². The fourth-order valence-corrected chi connectivity index (χ4v) is 1.33. The van der Waals surface area contributed by atoms with E-state index >= 15 is 0 Å². The molecule has 100 valence electrons. The number of aromatic nitrogens is 3. The number of nitrogens with one attached hydrogen (secondary N) is 3. The Labute approximate surface area is 100 Å². The zero-order valence-corrected chi connectivity index (χ0v) is 9.34. The number of carbonyl (C=O) groups is 1. The van der Waals surface area contributed by atoms with Gasteiger partial charge in [0.1, 0.15) is 0 Å². The fourth-order valence-electron chi connectivity index (χ4n) is 1.33. The summed E-state index contributed by atoms with van der Waals surface area (Å²) in [5.74, 6) is -1.45. The molecule has 3 N–H and O–H groups in total. The average Bonchev–Trinajstić information content (AvgIpc) is 2.94. The van der Waals surface area contributed by atoms with Gasteiger partial charge in [-0.2, -0.15) is 18.2 Å². The molecule has 9 heteroatoms. The average molecular weight is 263 g/mol. The van der Waals surface area contributed by atoms with Crippen molar-refractivity contribution in [2.75, 3.05) is 18.4 Å². The van der Waals surface area contributed by atoms with Gasteiger partial charge in [-0.05, 0) is 25.3 Å². The summed E-state index contributed by atoms with van der Waals surface area (Å²) in [4.78, 5) is 14.5. The van der Waals surface area contributed by atoms with E-state index in [9.17, 15) is 18.0 Å². The molecule has 1 aromatic heterocycles. The van der Waals surface area contributed by atoms with E-state index in [0.29, 0.717) is 5.92 Å². The number of anilines is 1. The second-order valence-electron chi connectivity index (χ2n) is 4.13. The molecule has 6 nitrogen and oxygen atoms in total. The van der Waals surface area contributed by atoms with E-state index in [-0.39, 0.29) is 12.5 Å². The Kier molecular flexibility index (Phi) is 3.50. The SMILES string of the molecule is O=C(CNCC1CC1)Nc1n[nH]c(C(F)(F)F)n1. The zero-order chi connectivity index (χ0) is 13.2. The molecule has 1 fully saturated rings. The van der Waals surface area contributed by atoms with Crippen molar-refractivity contribution in [1.82, 2.24) is 20.5 Å². The summed E-state index contributed by atoms with van der Waals surface area (Å²) in [6.45, 7) is 0.779. The van der Waals surface area contributed by atoms with E-state index in [1.807, 2.05) is 0 Å². The highest BCUT2D eigenvalue weighted by atomic mass is 19.4. The van der Waals surface area contributed by atoms with Gasteiger partial charge in [0.2, 0.25) is 17.7 Å². The third-order valence-electron chi connectivity index (χ3n) is 2.42. The van der Waals surface area contributed by atoms with Gasteiger partial charge >= 0.3 is 6.18 Å². The number of H-pyrrole nitrogens is 1. The van der Waals surface area contributed by atoms with E-state index in [2.05, 4.69) is 20.7 Å². The maximum Gasteiger partial charge on any atom is 0.451 e. The van der Waals surface area contributed by atoms with Crippen LogP contribution in [0.4, 0.5) is 19.1 Å². The maximum absolute atomic E-state index is 12.2. The van der Waals surface area contributed by atoms with Gasteiger partial charge in [-0.25, -0.2) is 0 Å². The van der Waals surface area contributed by atoms with Crippen LogP contribution in [0.2, 0.25) is 0 Å². The van der Waals surface area contributed by atoms with Gasteiger partial charge in [0.15, 0.2) is 0 Å². The summed E-state index contributed by atoms with van der Waals surface area (Å²) in [6, 6.07) is 0. The minimum atomic E-state index is -4.60. The minimum Gasteiger partial charge on any atom is -0.308 e. The Hall–Kier alpha value is -1.64. The van der Waals surface area contributed by atoms with Crippen molar-refractivity contribution in [3.8, 4) is 0 Å². The van der Waals surface area contributed by atoms with E-state index < -0.39 is 17.9 Å². The van der Waals surface area contributed by atoms with Crippen LogP contribution in [0, 0.1) is 5.92 Å². The molecule has 18 heavy (non-hydrogen) atoms. The standard InChI is InChI=1S/C9H12F3N5O/c10-9(11,12)7-15-8(17-16-7)14-6(18)4-13-3-5-1-2-5/h5,13H,1-4H2,(H2,14,15,16,17,18). The highest BCUT2D eigenvalue weighted by Gasteiger charge is 2.35. The highest BCUT2D eigenvalue weighted by molar-refractivity contribution is 5.90. The van der Waals surface area contributed by atoms with Crippen molar-refractivity contribution >= 4 is 11.9 Å². The van der Waals surface area contributed by atoms with Crippen molar-refractivity contribution in [2.45, 2.75) is 19.0 Å². The molecule has 1 aromatic rings. The Morgan fingerprint density at radius 2 is 2.17 bits per heavy atom. The van der Waals surface area contributed by atoms with Gasteiger partial charge in [0.05, 0.1) is 6.54 Å².